The lowest BCUT2D eigenvalue weighted by atomic mass is 10.1. The molecule has 0 saturated carbocycles. The van der Waals surface area contributed by atoms with Crippen LogP contribution >= 0.6 is 11.8 Å². The zero-order valence-corrected chi connectivity index (χ0v) is 18.4. The molecule has 0 fully saturated rings. The highest BCUT2D eigenvalue weighted by atomic mass is 32.2. The lowest BCUT2D eigenvalue weighted by Gasteiger charge is -2.07. The Bertz CT molecular complexity index is 485. The van der Waals surface area contributed by atoms with Gasteiger partial charge in [-0.1, -0.05) is 62.3 Å². The highest BCUT2D eigenvalue weighted by Crippen LogP contribution is 2.16. The Morgan fingerprint density at radius 3 is 2.04 bits per heavy atom. The van der Waals surface area contributed by atoms with Crippen molar-refractivity contribution in [3.8, 4) is 6.07 Å². The second kappa shape index (κ2) is 17.6. The first-order valence-electron chi connectivity index (χ1n) is 9.48. The third-order valence-corrected chi connectivity index (χ3v) is 4.92. The van der Waals surface area contributed by atoms with Gasteiger partial charge < -0.3 is 0 Å². The first-order chi connectivity index (χ1) is 11.9. The molecule has 1 atom stereocenters. The van der Waals surface area contributed by atoms with Gasteiger partial charge in [0.1, 0.15) is 0 Å². The molecule has 0 aromatic carbocycles. The Hall–Kier alpha value is -1.20. The molecule has 0 radical (unpaired) electrons. The van der Waals surface area contributed by atoms with E-state index in [1.807, 2.05) is 25.6 Å². The van der Waals surface area contributed by atoms with E-state index in [1.54, 1.807) is 0 Å². The minimum atomic E-state index is 0.282. The molecule has 0 saturated heterocycles. The number of rotatable bonds is 11. The van der Waals surface area contributed by atoms with E-state index in [4.69, 9.17) is 5.26 Å². The third-order valence-electron chi connectivity index (χ3n) is 3.78. The Morgan fingerprint density at radius 1 is 1.00 bits per heavy atom. The van der Waals surface area contributed by atoms with E-state index < -0.39 is 0 Å². The summed E-state index contributed by atoms with van der Waals surface area (Å²) in [5.41, 5.74) is 5.04. The molecule has 0 aliphatic rings. The minimum absolute atomic E-state index is 0.282. The Labute approximate surface area is 162 Å². The monoisotopic (exact) mass is 361 g/mol. The van der Waals surface area contributed by atoms with E-state index in [-0.39, 0.29) is 5.92 Å². The quantitative estimate of drug-likeness (QED) is 0.212. The summed E-state index contributed by atoms with van der Waals surface area (Å²) in [4.78, 5) is 0. The number of hydrogen-bond acceptors (Lipinski definition) is 2. The van der Waals surface area contributed by atoms with E-state index in [0.717, 1.165) is 30.8 Å². The van der Waals surface area contributed by atoms with E-state index in [1.165, 1.54) is 23.1 Å². The highest BCUT2D eigenvalue weighted by molar-refractivity contribution is 7.99. The van der Waals surface area contributed by atoms with Crippen LogP contribution in [0.3, 0.4) is 0 Å². The summed E-state index contributed by atoms with van der Waals surface area (Å²) < 4.78 is 0. The smallest absolute Gasteiger partial charge is 0.0944 e. The highest BCUT2D eigenvalue weighted by Gasteiger charge is 2.04. The predicted molar refractivity (Wildman–Crippen MR) is 118 cm³/mol. The van der Waals surface area contributed by atoms with Crippen LogP contribution in [0.15, 0.2) is 47.1 Å². The van der Waals surface area contributed by atoms with Crippen molar-refractivity contribution in [3.63, 3.8) is 0 Å². The topological polar surface area (TPSA) is 23.8 Å². The van der Waals surface area contributed by atoms with Gasteiger partial charge in [0.2, 0.25) is 0 Å². The molecule has 2 heteroatoms. The zero-order chi connectivity index (χ0) is 19.7. The first kappa shape index (κ1) is 26.0. The van der Waals surface area contributed by atoms with Gasteiger partial charge in [0.15, 0.2) is 0 Å². The molecule has 0 bridgehead atoms. The van der Waals surface area contributed by atoms with Crippen molar-refractivity contribution >= 4 is 11.8 Å². The van der Waals surface area contributed by atoms with Crippen molar-refractivity contribution in [2.24, 2.45) is 5.92 Å². The van der Waals surface area contributed by atoms with Gasteiger partial charge in [0.05, 0.1) is 6.07 Å². The van der Waals surface area contributed by atoms with Crippen molar-refractivity contribution in [1.82, 2.24) is 0 Å². The van der Waals surface area contributed by atoms with Crippen LogP contribution in [0.5, 0.6) is 0 Å². The van der Waals surface area contributed by atoms with Crippen molar-refractivity contribution in [2.75, 3.05) is 11.5 Å². The predicted octanol–water partition coefficient (Wildman–Crippen LogP) is 7.88. The molecule has 1 unspecified atom stereocenters. The second-order valence-electron chi connectivity index (χ2n) is 6.54. The summed E-state index contributed by atoms with van der Waals surface area (Å²) >= 11 is 1.88. The fourth-order valence-corrected chi connectivity index (χ4v) is 3.09. The largest absolute Gasteiger partial charge is 0.193 e. The average Bonchev–Trinajstić information content (AvgIpc) is 2.59. The van der Waals surface area contributed by atoms with Crippen molar-refractivity contribution < 1.29 is 0 Å². The molecule has 142 valence electrons. The fourth-order valence-electron chi connectivity index (χ4n) is 2.00. The maximum atomic E-state index is 8.79. The summed E-state index contributed by atoms with van der Waals surface area (Å²) in [7, 11) is 0. The van der Waals surface area contributed by atoms with Gasteiger partial charge in [0, 0.05) is 17.1 Å². The van der Waals surface area contributed by atoms with Crippen LogP contribution in [0, 0.1) is 17.2 Å². The lowest BCUT2D eigenvalue weighted by Crippen LogP contribution is -2.00. The number of nitrogens with zero attached hydrogens (tertiary/aromatic N) is 1. The van der Waals surface area contributed by atoms with Gasteiger partial charge in [-0.3, -0.25) is 0 Å². The summed E-state index contributed by atoms with van der Waals surface area (Å²) in [6, 6.07) is 2.14. The molecule has 0 aliphatic carbocycles. The van der Waals surface area contributed by atoms with E-state index >= 15 is 0 Å². The molecule has 0 aliphatic heterocycles. The van der Waals surface area contributed by atoms with Crippen LogP contribution in [0.2, 0.25) is 0 Å². The van der Waals surface area contributed by atoms with Crippen LogP contribution in [0.1, 0.15) is 74.1 Å². The van der Waals surface area contributed by atoms with Crippen molar-refractivity contribution in [2.45, 2.75) is 74.1 Å². The fraction of sp³-hybridized carbons (Fsp3) is 0.609. The van der Waals surface area contributed by atoms with E-state index in [2.05, 4.69) is 65.5 Å². The average molecular weight is 362 g/mol. The normalized spacial score (nSPS) is 12.6. The Balaban J connectivity index is 0. The first-order valence-corrected chi connectivity index (χ1v) is 10.6. The molecule has 0 spiro atoms. The van der Waals surface area contributed by atoms with Crippen LogP contribution in [-0.2, 0) is 0 Å². The van der Waals surface area contributed by atoms with Gasteiger partial charge in [0.25, 0.3) is 0 Å². The Morgan fingerprint density at radius 2 is 1.52 bits per heavy atom. The number of allylic oxidation sites excluding steroid dienone is 6. The van der Waals surface area contributed by atoms with Gasteiger partial charge in [-0.15, -0.1) is 0 Å². The number of nitriles is 1. The van der Waals surface area contributed by atoms with E-state index in [9.17, 15) is 0 Å². The maximum Gasteiger partial charge on any atom is 0.0944 e. The molecular weight excluding hydrogens is 322 g/mol. The second-order valence-corrected chi connectivity index (χ2v) is 7.61. The molecule has 1 nitrogen and oxygen atoms in total. The molecular formula is C23H39NS. The molecule has 0 heterocycles. The summed E-state index contributed by atoms with van der Waals surface area (Å²) in [5.74, 6) is 2.28. The van der Waals surface area contributed by atoms with Crippen LogP contribution in [0.25, 0.3) is 0 Å². The Kier molecular flexibility index (Phi) is 18.3. The van der Waals surface area contributed by atoms with Crippen LogP contribution in [0.4, 0.5) is 0 Å². The molecule has 25 heavy (non-hydrogen) atoms. The zero-order valence-electron chi connectivity index (χ0n) is 17.6. The molecule has 0 N–H and O–H groups in total. The molecule has 0 aromatic rings. The van der Waals surface area contributed by atoms with E-state index in [0.29, 0.717) is 5.57 Å². The van der Waals surface area contributed by atoms with Gasteiger partial charge in [-0.25, -0.2) is 0 Å². The van der Waals surface area contributed by atoms with Gasteiger partial charge >= 0.3 is 0 Å². The SMILES string of the molecule is C=C(C#N)C(C)CSC/C=C(\C)CC/C=C(\C)CCC=C(C)C.CC. The molecule has 0 amide bonds. The van der Waals surface area contributed by atoms with Crippen molar-refractivity contribution in [3.05, 3.63) is 47.1 Å². The summed E-state index contributed by atoms with van der Waals surface area (Å²) in [6.45, 7) is 18.6. The number of hydrogen-bond donors (Lipinski definition) is 0. The standard InChI is InChI=1S/C21H33NS.C2H6/c1-17(2)9-7-10-18(3)11-8-12-19(4)13-14-23-16-21(6)20(5)15-22;1-2/h9,11,13,21H,5,7-8,10,12,14,16H2,1-4,6H3;1-2H3/b18-11+,19-13+;. The van der Waals surface area contributed by atoms with Gasteiger partial charge in [-0.2, -0.15) is 17.0 Å². The van der Waals surface area contributed by atoms with Crippen molar-refractivity contribution in [1.29, 1.82) is 5.26 Å². The molecule has 0 aromatic heterocycles. The van der Waals surface area contributed by atoms with Crippen LogP contribution < -0.4 is 0 Å². The third kappa shape index (κ3) is 17.4. The number of thioether (sulfide) groups is 1. The van der Waals surface area contributed by atoms with Crippen LogP contribution in [-0.4, -0.2) is 11.5 Å². The van der Waals surface area contributed by atoms with Gasteiger partial charge in [-0.05, 0) is 59.3 Å². The summed E-state index contributed by atoms with van der Waals surface area (Å²) in [5, 5.41) is 8.79. The molecule has 0 rings (SSSR count). The minimum Gasteiger partial charge on any atom is -0.193 e. The lowest BCUT2D eigenvalue weighted by molar-refractivity contribution is 0.814. The maximum absolute atomic E-state index is 8.79. The summed E-state index contributed by atoms with van der Waals surface area (Å²) in [6.07, 6.45) is 11.6.